The Kier molecular flexibility index (Phi) is 5.00. The summed E-state index contributed by atoms with van der Waals surface area (Å²) < 4.78 is 18.5. The minimum absolute atomic E-state index is 0.0873. The number of carboxylic acids is 1. The van der Waals surface area contributed by atoms with Gasteiger partial charge in [0.1, 0.15) is 5.82 Å². The van der Waals surface area contributed by atoms with Gasteiger partial charge in [-0.15, -0.1) is 0 Å². The van der Waals surface area contributed by atoms with E-state index in [-0.39, 0.29) is 29.4 Å². The van der Waals surface area contributed by atoms with Gasteiger partial charge in [0.2, 0.25) is 0 Å². The monoisotopic (exact) mass is 397 g/mol. The predicted octanol–water partition coefficient (Wildman–Crippen LogP) is 3.71. The summed E-state index contributed by atoms with van der Waals surface area (Å²) in [5, 5.41) is 16.6. The van der Waals surface area contributed by atoms with E-state index < -0.39 is 5.97 Å². The smallest absolute Gasteiger partial charge is 0.306 e. The van der Waals surface area contributed by atoms with Gasteiger partial charge in [0, 0.05) is 11.6 Å². The normalized spacial score (nSPS) is 19.2. The van der Waals surface area contributed by atoms with E-state index in [0.29, 0.717) is 53.6 Å². The molecule has 1 aliphatic rings. The summed E-state index contributed by atoms with van der Waals surface area (Å²) in [5.41, 5.74) is 2.31. The number of benzene rings is 1. The lowest BCUT2D eigenvalue weighted by Gasteiger charge is -2.26. The van der Waals surface area contributed by atoms with Gasteiger partial charge in [-0.1, -0.05) is 5.16 Å². The molecule has 29 heavy (non-hydrogen) atoms. The number of carbonyl (C=O) groups excluding carboxylic acids is 1. The van der Waals surface area contributed by atoms with Crippen LogP contribution in [0.15, 0.2) is 34.9 Å². The number of halogens is 1. The van der Waals surface area contributed by atoms with Crippen molar-refractivity contribution in [3.8, 4) is 11.3 Å². The van der Waals surface area contributed by atoms with Crippen LogP contribution in [0, 0.1) is 18.7 Å². The fraction of sp³-hybridized carbons (Fsp3) is 0.333. The van der Waals surface area contributed by atoms with Crippen molar-refractivity contribution in [2.24, 2.45) is 5.92 Å². The molecule has 1 fully saturated rings. The summed E-state index contributed by atoms with van der Waals surface area (Å²) in [6.07, 6.45) is 2.31. The van der Waals surface area contributed by atoms with E-state index in [1.165, 1.54) is 12.1 Å². The van der Waals surface area contributed by atoms with Gasteiger partial charge in [0.25, 0.3) is 11.6 Å². The molecule has 0 atom stereocenters. The Bertz CT molecular complexity index is 1070. The van der Waals surface area contributed by atoms with Crippen molar-refractivity contribution in [1.82, 2.24) is 15.5 Å². The van der Waals surface area contributed by atoms with E-state index in [0.717, 1.165) is 0 Å². The molecule has 150 valence electrons. The van der Waals surface area contributed by atoms with Crippen LogP contribution in [0.4, 0.5) is 4.39 Å². The highest BCUT2D eigenvalue weighted by Gasteiger charge is 2.28. The standard InChI is InChI=1S/C21H20FN3O4/c1-11-18-16(19(26)23-15-8-4-13(5-9-15)21(27)28)10-17(24-20(18)29-25-11)12-2-6-14(22)7-3-12/h2-3,6-7,10,13,15H,4-5,8-9H2,1H3,(H,23,26)(H,27,28). The minimum Gasteiger partial charge on any atom is -0.481 e. The number of rotatable bonds is 4. The first-order chi connectivity index (χ1) is 13.9. The quantitative estimate of drug-likeness (QED) is 0.695. The topological polar surface area (TPSA) is 105 Å². The van der Waals surface area contributed by atoms with Crippen molar-refractivity contribution >= 4 is 23.0 Å². The number of nitrogens with zero attached hydrogens (tertiary/aromatic N) is 2. The predicted molar refractivity (Wildman–Crippen MR) is 103 cm³/mol. The van der Waals surface area contributed by atoms with Crippen molar-refractivity contribution in [2.45, 2.75) is 38.6 Å². The van der Waals surface area contributed by atoms with Gasteiger partial charge in [-0.05, 0) is 62.9 Å². The lowest BCUT2D eigenvalue weighted by Crippen LogP contribution is -2.38. The fourth-order valence-electron chi connectivity index (χ4n) is 3.79. The molecular formula is C21H20FN3O4. The third-order valence-electron chi connectivity index (χ3n) is 5.41. The highest BCUT2D eigenvalue weighted by molar-refractivity contribution is 6.07. The van der Waals surface area contributed by atoms with Gasteiger partial charge in [0.05, 0.1) is 28.3 Å². The molecule has 0 bridgehead atoms. The zero-order valence-corrected chi connectivity index (χ0v) is 15.8. The molecule has 2 heterocycles. The molecular weight excluding hydrogens is 377 g/mol. The maximum absolute atomic E-state index is 13.3. The van der Waals surface area contributed by atoms with Gasteiger partial charge in [0.15, 0.2) is 0 Å². The number of hydrogen-bond acceptors (Lipinski definition) is 5. The maximum Gasteiger partial charge on any atom is 0.306 e. The molecule has 1 amide bonds. The molecule has 8 heteroatoms. The van der Waals surface area contributed by atoms with Gasteiger partial charge in [-0.2, -0.15) is 0 Å². The molecule has 1 saturated carbocycles. The average molecular weight is 397 g/mol. The fourth-order valence-corrected chi connectivity index (χ4v) is 3.79. The molecule has 0 saturated heterocycles. The third-order valence-corrected chi connectivity index (χ3v) is 5.41. The Labute approximate surface area is 165 Å². The summed E-state index contributed by atoms with van der Waals surface area (Å²) >= 11 is 0. The van der Waals surface area contributed by atoms with Crippen molar-refractivity contribution in [3.05, 3.63) is 47.4 Å². The van der Waals surface area contributed by atoms with Crippen LogP contribution in [-0.2, 0) is 4.79 Å². The second-order valence-electron chi connectivity index (χ2n) is 7.37. The molecule has 0 aliphatic heterocycles. The molecule has 3 aromatic rings. The van der Waals surface area contributed by atoms with Crippen molar-refractivity contribution in [2.75, 3.05) is 0 Å². The molecule has 0 spiro atoms. The highest BCUT2D eigenvalue weighted by atomic mass is 19.1. The van der Waals surface area contributed by atoms with Gasteiger partial charge in [-0.25, -0.2) is 9.37 Å². The Morgan fingerprint density at radius 2 is 1.86 bits per heavy atom. The first-order valence-corrected chi connectivity index (χ1v) is 9.49. The van der Waals surface area contributed by atoms with E-state index >= 15 is 0 Å². The number of pyridine rings is 1. The zero-order valence-electron chi connectivity index (χ0n) is 15.8. The molecule has 0 unspecified atom stereocenters. The SMILES string of the molecule is Cc1noc2nc(-c3ccc(F)cc3)cc(C(=O)NC3CCC(C(=O)O)CC3)c12. The largest absolute Gasteiger partial charge is 0.481 e. The number of carboxylic acid groups (broad SMARTS) is 1. The van der Waals surface area contributed by atoms with Gasteiger partial charge in [-0.3, -0.25) is 9.59 Å². The molecule has 7 nitrogen and oxygen atoms in total. The number of amides is 1. The molecule has 1 aromatic carbocycles. The zero-order chi connectivity index (χ0) is 20.5. The van der Waals surface area contributed by atoms with E-state index in [1.807, 2.05) is 0 Å². The number of aryl methyl sites for hydroxylation is 1. The Hall–Kier alpha value is -3.29. The van der Waals surface area contributed by atoms with Crippen LogP contribution in [0.5, 0.6) is 0 Å². The van der Waals surface area contributed by atoms with E-state index in [4.69, 9.17) is 9.63 Å². The van der Waals surface area contributed by atoms with Crippen LogP contribution < -0.4 is 5.32 Å². The van der Waals surface area contributed by atoms with Gasteiger partial charge < -0.3 is 14.9 Å². The van der Waals surface area contributed by atoms with Crippen LogP contribution in [0.3, 0.4) is 0 Å². The molecule has 2 aromatic heterocycles. The van der Waals surface area contributed by atoms with E-state index in [9.17, 15) is 14.0 Å². The number of nitrogens with one attached hydrogen (secondary N) is 1. The number of aliphatic carboxylic acids is 1. The molecule has 1 aliphatic carbocycles. The second-order valence-corrected chi connectivity index (χ2v) is 7.37. The molecule has 4 rings (SSSR count). The van der Waals surface area contributed by atoms with Crippen LogP contribution in [0.1, 0.15) is 41.7 Å². The Balaban J connectivity index is 1.63. The average Bonchev–Trinajstić information content (AvgIpc) is 3.09. The van der Waals surface area contributed by atoms with Crippen LogP contribution in [0.2, 0.25) is 0 Å². The van der Waals surface area contributed by atoms with E-state index in [2.05, 4.69) is 15.5 Å². The van der Waals surface area contributed by atoms with Gasteiger partial charge >= 0.3 is 5.97 Å². The van der Waals surface area contributed by atoms with Crippen molar-refractivity contribution in [1.29, 1.82) is 0 Å². The van der Waals surface area contributed by atoms with Crippen molar-refractivity contribution in [3.63, 3.8) is 0 Å². The summed E-state index contributed by atoms with van der Waals surface area (Å²) in [6, 6.07) is 7.39. The van der Waals surface area contributed by atoms with Crippen molar-refractivity contribution < 1.29 is 23.6 Å². The molecule has 0 radical (unpaired) electrons. The minimum atomic E-state index is -0.783. The summed E-state index contributed by atoms with van der Waals surface area (Å²) in [5.74, 6) is -1.78. The summed E-state index contributed by atoms with van der Waals surface area (Å²) in [4.78, 5) is 28.6. The molecule has 2 N–H and O–H groups in total. The highest BCUT2D eigenvalue weighted by Crippen LogP contribution is 2.29. The third kappa shape index (κ3) is 3.83. The Morgan fingerprint density at radius 3 is 2.52 bits per heavy atom. The van der Waals surface area contributed by atoms with Crippen LogP contribution >= 0.6 is 0 Å². The number of carbonyl (C=O) groups is 2. The number of fused-ring (bicyclic) bond motifs is 1. The van der Waals surface area contributed by atoms with E-state index in [1.54, 1.807) is 25.1 Å². The number of hydrogen-bond donors (Lipinski definition) is 2. The van der Waals surface area contributed by atoms with Crippen LogP contribution in [0.25, 0.3) is 22.4 Å². The second kappa shape index (κ2) is 7.62. The maximum atomic E-state index is 13.3. The summed E-state index contributed by atoms with van der Waals surface area (Å²) in [6.45, 7) is 1.74. The lowest BCUT2D eigenvalue weighted by molar-refractivity contribution is -0.142. The number of aromatic nitrogens is 2. The summed E-state index contributed by atoms with van der Waals surface area (Å²) in [7, 11) is 0. The van der Waals surface area contributed by atoms with Crippen LogP contribution in [-0.4, -0.2) is 33.2 Å². The first kappa shape index (κ1) is 19.0. The Morgan fingerprint density at radius 1 is 1.17 bits per heavy atom. The lowest BCUT2D eigenvalue weighted by atomic mass is 9.86. The first-order valence-electron chi connectivity index (χ1n) is 9.49.